The summed E-state index contributed by atoms with van der Waals surface area (Å²) in [6, 6.07) is 0. The van der Waals surface area contributed by atoms with Gasteiger partial charge in [-0.05, 0) is 69.7 Å². The van der Waals surface area contributed by atoms with Crippen molar-refractivity contribution in [2.45, 2.75) is 117 Å². The zero-order valence-electron chi connectivity index (χ0n) is 21.6. The van der Waals surface area contributed by atoms with Crippen LogP contribution < -0.4 is 0 Å². The Morgan fingerprint density at radius 1 is 1.10 bits per heavy atom. The maximum Gasteiger partial charge on any atom is 0.508 e. The molecule has 0 aliphatic carbocycles. The normalized spacial score (nSPS) is 19.3. The van der Waals surface area contributed by atoms with Gasteiger partial charge in [0, 0.05) is 19.1 Å². The molecule has 0 bridgehead atoms. The Bertz CT molecular complexity index is 492. The molecular weight excluding hydrogens is 406 g/mol. The van der Waals surface area contributed by atoms with Crippen LogP contribution in [0, 0.1) is 5.92 Å². The topological polar surface area (TPSA) is 48.0 Å². The number of carbonyl (C=O) groups is 1. The maximum absolute atomic E-state index is 12.4. The monoisotopic (exact) mass is 457 g/mol. The van der Waals surface area contributed by atoms with E-state index in [0.29, 0.717) is 12.5 Å². The molecule has 0 N–H and O–H groups in total. The molecule has 1 fully saturated rings. The maximum atomic E-state index is 12.4. The molecule has 5 nitrogen and oxygen atoms in total. The van der Waals surface area contributed by atoms with Crippen LogP contribution in [0.5, 0.6) is 0 Å². The van der Waals surface area contributed by atoms with Gasteiger partial charge >= 0.3 is 6.16 Å². The molecule has 2 atom stereocenters. The molecule has 0 saturated carbocycles. The molecule has 0 amide bonds. The summed E-state index contributed by atoms with van der Waals surface area (Å²) in [6.07, 6.45) is 9.21. The minimum atomic E-state index is -1.72. The number of hydrogen-bond acceptors (Lipinski definition) is 5. The van der Waals surface area contributed by atoms with Crippen LogP contribution in [-0.4, -0.2) is 58.3 Å². The predicted octanol–water partition coefficient (Wildman–Crippen LogP) is 7.01. The molecule has 1 heterocycles. The van der Waals surface area contributed by atoms with Crippen molar-refractivity contribution in [2.24, 2.45) is 5.92 Å². The van der Waals surface area contributed by atoms with Gasteiger partial charge in [0.05, 0.1) is 6.61 Å². The second-order valence-electron chi connectivity index (χ2n) is 10.8. The van der Waals surface area contributed by atoms with E-state index < -0.39 is 14.5 Å². The number of hydrogen-bond donors (Lipinski definition) is 0. The summed E-state index contributed by atoms with van der Waals surface area (Å²) in [5, 5.41) is 0.222. The third kappa shape index (κ3) is 11.7. The average Bonchev–Trinajstić information content (AvgIpc) is 2.71. The second-order valence-corrected chi connectivity index (χ2v) is 15.6. The quantitative estimate of drug-likeness (QED) is 0.159. The highest BCUT2D eigenvalue weighted by Crippen LogP contribution is 2.36. The van der Waals surface area contributed by atoms with Crippen LogP contribution in [0.2, 0.25) is 18.1 Å². The summed E-state index contributed by atoms with van der Waals surface area (Å²) in [4.78, 5) is 14.8. The minimum Gasteiger partial charge on any atom is -0.434 e. The van der Waals surface area contributed by atoms with E-state index in [2.05, 4.69) is 52.6 Å². The van der Waals surface area contributed by atoms with Crippen LogP contribution in [0.4, 0.5) is 4.79 Å². The third-order valence-corrected chi connectivity index (χ3v) is 11.6. The first-order valence-electron chi connectivity index (χ1n) is 12.8. The van der Waals surface area contributed by atoms with Crippen LogP contribution >= 0.6 is 0 Å². The molecule has 0 radical (unpaired) electrons. The van der Waals surface area contributed by atoms with Gasteiger partial charge in [-0.3, -0.25) is 0 Å². The van der Waals surface area contributed by atoms with Gasteiger partial charge in [-0.25, -0.2) is 4.79 Å². The van der Waals surface area contributed by atoms with Crippen molar-refractivity contribution < 1.29 is 18.7 Å². The zero-order valence-corrected chi connectivity index (χ0v) is 22.6. The standard InChI is InChI=1S/C25H51NO4Si/c1-8-10-11-12-16-23(17-14-19-29-31(6,7)25(3,4)5)30-24(27)28-21-22-15-13-18-26(9-2)20-22/h22-23H,8-21H2,1-7H3. The molecule has 184 valence electrons. The van der Waals surface area contributed by atoms with E-state index in [1.165, 1.54) is 25.7 Å². The number of unbranched alkanes of at least 4 members (excludes halogenated alkanes) is 3. The summed E-state index contributed by atoms with van der Waals surface area (Å²) in [7, 11) is -1.72. The van der Waals surface area contributed by atoms with Crippen LogP contribution in [0.15, 0.2) is 0 Å². The van der Waals surface area contributed by atoms with Crippen molar-refractivity contribution in [3.8, 4) is 0 Å². The molecule has 0 aromatic carbocycles. The van der Waals surface area contributed by atoms with Crippen molar-refractivity contribution in [1.29, 1.82) is 0 Å². The second kappa shape index (κ2) is 14.5. The number of ether oxygens (including phenoxy) is 2. The molecule has 1 rings (SSSR count). The summed E-state index contributed by atoms with van der Waals surface area (Å²) >= 11 is 0. The first kappa shape index (κ1) is 28.4. The van der Waals surface area contributed by atoms with Crippen molar-refractivity contribution in [3.05, 3.63) is 0 Å². The first-order valence-corrected chi connectivity index (χ1v) is 15.7. The zero-order chi connectivity index (χ0) is 23.3. The lowest BCUT2D eigenvalue weighted by Crippen LogP contribution is -2.41. The van der Waals surface area contributed by atoms with Gasteiger partial charge in [-0.2, -0.15) is 0 Å². The fourth-order valence-corrected chi connectivity index (χ4v) is 4.93. The number of rotatable bonds is 14. The van der Waals surface area contributed by atoms with Crippen molar-refractivity contribution in [2.75, 3.05) is 32.8 Å². The predicted molar refractivity (Wildman–Crippen MR) is 132 cm³/mol. The number of likely N-dealkylation sites (tertiary alicyclic amines) is 1. The fraction of sp³-hybridized carbons (Fsp3) is 0.960. The molecule has 31 heavy (non-hydrogen) atoms. The van der Waals surface area contributed by atoms with Crippen LogP contribution in [-0.2, 0) is 13.9 Å². The lowest BCUT2D eigenvalue weighted by atomic mass is 9.99. The van der Waals surface area contributed by atoms with Crippen LogP contribution in [0.25, 0.3) is 0 Å². The van der Waals surface area contributed by atoms with Crippen molar-refractivity contribution in [3.63, 3.8) is 0 Å². The van der Waals surface area contributed by atoms with Gasteiger partial charge in [0.25, 0.3) is 0 Å². The van der Waals surface area contributed by atoms with Gasteiger partial charge in [0.2, 0.25) is 0 Å². The van der Waals surface area contributed by atoms with E-state index in [9.17, 15) is 4.79 Å². The Balaban J connectivity index is 2.42. The molecule has 0 aromatic rings. The summed E-state index contributed by atoms with van der Waals surface area (Å²) in [5.41, 5.74) is 0. The van der Waals surface area contributed by atoms with E-state index in [1.807, 2.05) is 0 Å². The molecule has 2 unspecified atom stereocenters. The summed E-state index contributed by atoms with van der Waals surface area (Å²) < 4.78 is 17.6. The Morgan fingerprint density at radius 2 is 1.81 bits per heavy atom. The smallest absolute Gasteiger partial charge is 0.434 e. The molecule has 1 aliphatic heterocycles. The van der Waals surface area contributed by atoms with Crippen molar-refractivity contribution in [1.82, 2.24) is 4.90 Å². The van der Waals surface area contributed by atoms with E-state index >= 15 is 0 Å². The van der Waals surface area contributed by atoms with E-state index in [1.54, 1.807) is 0 Å². The lowest BCUT2D eigenvalue weighted by Gasteiger charge is -2.36. The highest BCUT2D eigenvalue weighted by Gasteiger charge is 2.36. The summed E-state index contributed by atoms with van der Waals surface area (Å²) in [6.45, 7) is 20.2. The van der Waals surface area contributed by atoms with Gasteiger partial charge in [-0.15, -0.1) is 0 Å². The molecular formula is C25H51NO4Si. The SMILES string of the molecule is CCCCCCC(CCCO[Si](C)(C)C(C)(C)C)OC(=O)OCC1CCCN(CC)C1. The molecule has 1 aliphatic rings. The highest BCUT2D eigenvalue weighted by molar-refractivity contribution is 6.74. The molecule has 0 spiro atoms. The lowest BCUT2D eigenvalue weighted by molar-refractivity contribution is 0.00123. The first-order chi connectivity index (χ1) is 14.6. The van der Waals surface area contributed by atoms with E-state index in [-0.39, 0.29) is 11.1 Å². The van der Waals surface area contributed by atoms with E-state index in [4.69, 9.17) is 13.9 Å². The van der Waals surface area contributed by atoms with Crippen LogP contribution in [0.1, 0.15) is 92.4 Å². The number of nitrogens with zero attached hydrogens (tertiary/aromatic N) is 1. The van der Waals surface area contributed by atoms with Gasteiger partial charge in [0.1, 0.15) is 6.10 Å². The molecule has 6 heteroatoms. The Labute approximate surface area is 193 Å². The third-order valence-electron chi connectivity index (χ3n) is 7.07. The minimum absolute atomic E-state index is 0.0640. The largest absolute Gasteiger partial charge is 0.508 e. The van der Waals surface area contributed by atoms with Crippen LogP contribution in [0.3, 0.4) is 0 Å². The number of piperidine rings is 1. The highest BCUT2D eigenvalue weighted by atomic mass is 28.4. The summed E-state index contributed by atoms with van der Waals surface area (Å²) in [5.74, 6) is 0.433. The van der Waals surface area contributed by atoms with E-state index in [0.717, 1.165) is 58.3 Å². The van der Waals surface area contributed by atoms with Crippen molar-refractivity contribution >= 4 is 14.5 Å². The van der Waals surface area contributed by atoms with Gasteiger partial charge < -0.3 is 18.8 Å². The molecule has 0 aromatic heterocycles. The number of carbonyl (C=O) groups excluding carboxylic acids is 1. The average molecular weight is 458 g/mol. The Hall–Kier alpha value is -0.593. The molecule has 1 saturated heterocycles. The Kier molecular flexibility index (Phi) is 13.3. The Morgan fingerprint density at radius 3 is 2.45 bits per heavy atom. The fourth-order valence-electron chi connectivity index (χ4n) is 3.85. The van der Waals surface area contributed by atoms with Gasteiger partial charge in [-0.1, -0.05) is 53.9 Å². The van der Waals surface area contributed by atoms with Gasteiger partial charge in [0.15, 0.2) is 8.32 Å².